The Kier molecular flexibility index (Phi) is 9.99. The summed E-state index contributed by atoms with van der Waals surface area (Å²) in [4.78, 5) is 23.2. The molecule has 2 aromatic rings. The number of amides is 1. The lowest BCUT2D eigenvalue weighted by Crippen LogP contribution is -2.54. The van der Waals surface area contributed by atoms with Gasteiger partial charge in [0.05, 0.1) is 6.26 Å². The summed E-state index contributed by atoms with van der Waals surface area (Å²) in [6, 6.07) is 14.0. The number of para-hydroxylation sites is 1. The number of rotatable bonds is 7. The fourth-order valence-electron chi connectivity index (χ4n) is 3.59. The highest BCUT2D eigenvalue weighted by molar-refractivity contribution is 14.0. The third-order valence-electron chi connectivity index (χ3n) is 5.20. The van der Waals surface area contributed by atoms with Gasteiger partial charge >= 0.3 is 0 Å². The zero-order valence-corrected chi connectivity index (χ0v) is 20.1. The molecule has 1 amide bonds. The van der Waals surface area contributed by atoms with Gasteiger partial charge in [-0.05, 0) is 37.6 Å². The van der Waals surface area contributed by atoms with Gasteiger partial charge in [0.25, 0.3) is 5.91 Å². The van der Waals surface area contributed by atoms with Gasteiger partial charge in [0, 0.05) is 58.5 Å². The largest absolute Gasteiger partial charge is 0.459 e. The van der Waals surface area contributed by atoms with Crippen molar-refractivity contribution in [2.24, 2.45) is 4.99 Å². The second-order valence-electron chi connectivity index (χ2n) is 7.00. The monoisotopic (exact) mass is 525 g/mol. The number of piperazine rings is 1. The first-order valence-corrected chi connectivity index (χ1v) is 10.3. The van der Waals surface area contributed by atoms with E-state index in [1.165, 1.54) is 12.0 Å². The van der Waals surface area contributed by atoms with Crippen molar-refractivity contribution in [2.45, 2.75) is 13.3 Å². The van der Waals surface area contributed by atoms with Crippen LogP contribution in [0, 0.1) is 0 Å². The van der Waals surface area contributed by atoms with E-state index < -0.39 is 0 Å². The highest BCUT2D eigenvalue weighted by Gasteiger charge is 2.25. The molecular weight excluding hydrogens is 493 g/mol. The molecule has 0 spiro atoms. The number of hydrogen-bond donors (Lipinski definition) is 1. The molecule has 0 bridgehead atoms. The van der Waals surface area contributed by atoms with Crippen molar-refractivity contribution < 1.29 is 9.21 Å². The molecular formula is C22H32IN5O2. The molecule has 3 rings (SSSR count). The SMILES string of the molecule is CCN(CCCNC(=NC)N1CCN(C(=O)c2ccco2)CC1)c1ccccc1.I. The number of furan rings is 1. The van der Waals surface area contributed by atoms with E-state index in [9.17, 15) is 4.79 Å². The lowest BCUT2D eigenvalue weighted by molar-refractivity contribution is 0.0658. The van der Waals surface area contributed by atoms with Gasteiger partial charge in [-0.25, -0.2) is 0 Å². The van der Waals surface area contributed by atoms with E-state index in [0.717, 1.165) is 45.1 Å². The number of halogens is 1. The molecule has 1 saturated heterocycles. The van der Waals surface area contributed by atoms with Crippen LogP contribution in [0.3, 0.4) is 0 Å². The minimum Gasteiger partial charge on any atom is -0.459 e. The van der Waals surface area contributed by atoms with E-state index in [1.807, 2.05) is 18.0 Å². The number of carbonyl (C=O) groups excluding carboxylic acids is 1. The Morgan fingerprint density at radius 3 is 2.40 bits per heavy atom. The van der Waals surface area contributed by atoms with Crippen LogP contribution >= 0.6 is 24.0 Å². The second-order valence-corrected chi connectivity index (χ2v) is 7.00. The van der Waals surface area contributed by atoms with Crippen molar-refractivity contribution in [3.63, 3.8) is 0 Å². The molecule has 8 heteroatoms. The van der Waals surface area contributed by atoms with Crippen LogP contribution in [0.4, 0.5) is 5.69 Å². The Labute approximate surface area is 196 Å². The Morgan fingerprint density at radius 2 is 1.80 bits per heavy atom. The molecule has 0 saturated carbocycles. The summed E-state index contributed by atoms with van der Waals surface area (Å²) >= 11 is 0. The smallest absolute Gasteiger partial charge is 0.289 e. The Balaban J connectivity index is 0.00000320. The first-order chi connectivity index (χ1) is 14.2. The van der Waals surface area contributed by atoms with Gasteiger partial charge in [-0.3, -0.25) is 9.79 Å². The quantitative estimate of drug-likeness (QED) is 0.261. The van der Waals surface area contributed by atoms with Gasteiger partial charge in [-0.1, -0.05) is 18.2 Å². The van der Waals surface area contributed by atoms with Crippen molar-refractivity contribution in [1.82, 2.24) is 15.1 Å². The first-order valence-electron chi connectivity index (χ1n) is 10.3. The summed E-state index contributed by atoms with van der Waals surface area (Å²) in [5.41, 5.74) is 1.26. The third kappa shape index (κ3) is 6.38. The molecule has 0 radical (unpaired) electrons. The standard InChI is InChI=1S/C22H31N5O2.HI/c1-3-25(19-9-5-4-6-10-19)13-8-12-24-22(23-2)27-16-14-26(15-17-27)21(28)20-11-7-18-29-20;/h4-7,9-11,18H,3,8,12-17H2,1-2H3,(H,23,24);1H. The lowest BCUT2D eigenvalue weighted by Gasteiger charge is -2.36. The number of anilines is 1. The highest BCUT2D eigenvalue weighted by atomic mass is 127. The number of nitrogens with zero attached hydrogens (tertiary/aromatic N) is 4. The normalized spacial score (nSPS) is 14.3. The molecule has 7 nitrogen and oxygen atoms in total. The molecule has 1 aromatic heterocycles. The molecule has 30 heavy (non-hydrogen) atoms. The zero-order valence-electron chi connectivity index (χ0n) is 17.8. The fourth-order valence-corrected chi connectivity index (χ4v) is 3.59. The average Bonchev–Trinajstić information content (AvgIpc) is 3.32. The molecule has 1 fully saturated rings. The van der Waals surface area contributed by atoms with Crippen LogP contribution in [0.1, 0.15) is 23.9 Å². The molecule has 1 N–H and O–H groups in total. The summed E-state index contributed by atoms with van der Waals surface area (Å²) < 4.78 is 5.23. The summed E-state index contributed by atoms with van der Waals surface area (Å²) in [6.45, 7) is 7.88. The van der Waals surface area contributed by atoms with Crippen LogP contribution < -0.4 is 10.2 Å². The number of nitrogens with one attached hydrogen (secondary N) is 1. The maximum Gasteiger partial charge on any atom is 0.289 e. The van der Waals surface area contributed by atoms with Crippen LogP contribution in [0.15, 0.2) is 58.1 Å². The molecule has 164 valence electrons. The van der Waals surface area contributed by atoms with Gasteiger partial charge in [0.1, 0.15) is 0 Å². The number of guanidine groups is 1. The number of hydrogen-bond acceptors (Lipinski definition) is 4. The summed E-state index contributed by atoms with van der Waals surface area (Å²) in [7, 11) is 1.81. The van der Waals surface area contributed by atoms with E-state index in [-0.39, 0.29) is 29.9 Å². The van der Waals surface area contributed by atoms with Gasteiger partial charge < -0.3 is 24.4 Å². The summed E-state index contributed by atoms with van der Waals surface area (Å²) in [5.74, 6) is 1.26. The van der Waals surface area contributed by atoms with Crippen molar-refractivity contribution in [1.29, 1.82) is 0 Å². The molecule has 0 unspecified atom stereocenters. The molecule has 1 aliphatic heterocycles. The van der Waals surface area contributed by atoms with Gasteiger partial charge in [-0.15, -0.1) is 24.0 Å². The first kappa shape index (κ1) is 24.0. The van der Waals surface area contributed by atoms with E-state index in [4.69, 9.17) is 4.42 Å². The minimum atomic E-state index is -0.0434. The van der Waals surface area contributed by atoms with Crippen molar-refractivity contribution in [3.8, 4) is 0 Å². The fraction of sp³-hybridized carbons (Fsp3) is 0.455. The molecule has 2 heterocycles. The van der Waals surface area contributed by atoms with Crippen molar-refractivity contribution in [3.05, 3.63) is 54.5 Å². The van der Waals surface area contributed by atoms with E-state index in [0.29, 0.717) is 18.8 Å². The third-order valence-corrected chi connectivity index (χ3v) is 5.20. The second kappa shape index (κ2) is 12.5. The maximum absolute atomic E-state index is 12.4. The average molecular weight is 525 g/mol. The predicted octanol–water partition coefficient (Wildman–Crippen LogP) is 3.15. The number of aliphatic imine (C=N–C) groups is 1. The van der Waals surface area contributed by atoms with Gasteiger partial charge in [-0.2, -0.15) is 0 Å². The van der Waals surface area contributed by atoms with Crippen LogP contribution in [0.2, 0.25) is 0 Å². The van der Waals surface area contributed by atoms with E-state index in [2.05, 4.69) is 51.3 Å². The summed E-state index contributed by atoms with van der Waals surface area (Å²) in [5, 5.41) is 3.47. The number of carbonyl (C=O) groups is 1. The molecule has 1 aromatic carbocycles. The van der Waals surface area contributed by atoms with Crippen LogP contribution in [-0.4, -0.2) is 74.5 Å². The lowest BCUT2D eigenvalue weighted by atomic mass is 10.2. The van der Waals surface area contributed by atoms with Crippen molar-refractivity contribution in [2.75, 3.05) is 57.8 Å². The number of benzene rings is 1. The molecule has 1 aliphatic rings. The van der Waals surface area contributed by atoms with Crippen LogP contribution in [-0.2, 0) is 0 Å². The van der Waals surface area contributed by atoms with Crippen molar-refractivity contribution >= 4 is 41.5 Å². The van der Waals surface area contributed by atoms with Crippen LogP contribution in [0.5, 0.6) is 0 Å². The van der Waals surface area contributed by atoms with E-state index >= 15 is 0 Å². The molecule has 0 atom stereocenters. The van der Waals surface area contributed by atoms with Crippen LogP contribution in [0.25, 0.3) is 0 Å². The zero-order chi connectivity index (χ0) is 20.5. The Bertz CT molecular complexity index is 774. The minimum absolute atomic E-state index is 0. The van der Waals surface area contributed by atoms with Gasteiger partial charge in [0.2, 0.25) is 0 Å². The van der Waals surface area contributed by atoms with Gasteiger partial charge in [0.15, 0.2) is 11.7 Å². The highest BCUT2D eigenvalue weighted by Crippen LogP contribution is 2.13. The topological polar surface area (TPSA) is 64.3 Å². The maximum atomic E-state index is 12.4. The Morgan fingerprint density at radius 1 is 1.10 bits per heavy atom. The Hall–Kier alpha value is -2.23. The predicted molar refractivity (Wildman–Crippen MR) is 132 cm³/mol. The molecule has 0 aliphatic carbocycles. The summed E-state index contributed by atoms with van der Waals surface area (Å²) in [6.07, 6.45) is 2.56. The van der Waals surface area contributed by atoms with E-state index in [1.54, 1.807) is 12.1 Å².